The Balaban J connectivity index is 2.11. The van der Waals surface area contributed by atoms with Gasteiger partial charge in [0.15, 0.2) is 10.8 Å². The Morgan fingerprint density at radius 2 is 2.00 bits per heavy atom. The first-order valence-electron chi connectivity index (χ1n) is 5.50. The largest absolute Gasteiger partial charge is 0.372 e. The quantitative estimate of drug-likeness (QED) is 0.761. The summed E-state index contributed by atoms with van der Waals surface area (Å²) in [6.07, 6.45) is 0.0888. The van der Waals surface area contributed by atoms with E-state index in [0.717, 1.165) is 0 Å². The molecule has 0 saturated carbocycles. The van der Waals surface area contributed by atoms with Crippen molar-refractivity contribution in [2.45, 2.75) is 26.1 Å². The molecular formula is C11H14ClN3O2. The van der Waals surface area contributed by atoms with Crippen LogP contribution in [-0.2, 0) is 4.74 Å². The Kier molecular flexibility index (Phi) is 3.59. The van der Waals surface area contributed by atoms with Gasteiger partial charge >= 0.3 is 0 Å². The van der Waals surface area contributed by atoms with Crippen LogP contribution in [0, 0.1) is 0 Å². The molecule has 0 N–H and O–H groups in total. The van der Waals surface area contributed by atoms with Gasteiger partial charge in [0.2, 0.25) is 0 Å². The van der Waals surface area contributed by atoms with Gasteiger partial charge in [0.05, 0.1) is 12.2 Å². The van der Waals surface area contributed by atoms with E-state index in [9.17, 15) is 4.79 Å². The van der Waals surface area contributed by atoms with Crippen LogP contribution in [-0.4, -0.2) is 46.3 Å². The molecule has 0 unspecified atom stereocenters. The number of nitrogens with zero attached hydrogens (tertiary/aromatic N) is 3. The topological polar surface area (TPSA) is 55.3 Å². The predicted octanol–water partition coefficient (Wildman–Crippen LogP) is 1.38. The zero-order chi connectivity index (χ0) is 12.4. The Morgan fingerprint density at radius 1 is 1.35 bits per heavy atom. The summed E-state index contributed by atoms with van der Waals surface area (Å²) in [4.78, 5) is 13.9. The van der Waals surface area contributed by atoms with Gasteiger partial charge in [0.1, 0.15) is 0 Å². The minimum Gasteiger partial charge on any atom is -0.372 e. The zero-order valence-electron chi connectivity index (χ0n) is 9.76. The SMILES string of the molecule is C[C@@H]1CN(C(=O)c2ccc(Cl)nn2)C[C@H](C)O1. The van der Waals surface area contributed by atoms with Gasteiger partial charge in [-0.2, -0.15) is 0 Å². The summed E-state index contributed by atoms with van der Waals surface area (Å²) in [7, 11) is 0. The lowest BCUT2D eigenvalue weighted by molar-refractivity contribution is -0.0587. The van der Waals surface area contributed by atoms with Gasteiger partial charge in [-0.3, -0.25) is 4.79 Å². The van der Waals surface area contributed by atoms with Crippen molar-refractivity contribution in [1.29, 1.82) is 0 Å². The highest BCUT2D eigenvalue weighted by Crippen LogP contribution is 2.13. The molecule has 2 heterocycles. The van der Waals surface area contributed by atoms with E-state index in [0.29, 0.717) is 18.8 Å². The maximum atomic E-state index is 12.1. The second-order valence-electron chi connectivity index (χ2n) is 4.21. The van der Waals surface area contributed by atoms with Crippen molar-refractivity contribution in [3.63, 3.8) is 0 Å². The molecule has 0 radical (unpaired) electrons. The molecule has 1 fully saturated rings. The molecule has 6 heteroatoms. The van der Waals surface area contributed by atoms with Crippen LogP contribution in [0.15, 0.2) is 12.1 Å². The second-order valence-corrected chi connectivity index (χ2v) is 4.60. The van der Waals surface area contributed by atoms with E-state index in [1.165, 1.54) is 0 Å². The molecule has 0 aromatic carbocycles. The van der Waals surface area contributed by atoms with E-state index in [4.69, 9.17) is 16.3 Å². The predicted molar refractivity (Wildman–Crippen MR) is 63.0 cm³/mol. The van der Waals surface area contributed by atoms with Crippen LogP contribution >= 0.6 is 11.6 Å². The highest BCUT2D eigenvalue weighted by Gasteiger charge is 2.27. The Bertz CT molecular complexity index is 400. The van der Waals surface area contributed by atoms with E-state index in [1.54, 1.807) is 17.0 Å². The standard InChI is InChI=1S/C11H14ClN3O2/c1-7-5-15(6-8(2)17-7)11(16)9-3-4-10(12)14-13-9/h3-4,7-8H,5-6H2,1-2H3/t7-,8+. The first kappa shape index (κ1) is 12.3. The van der Waals surface area contributed by atoms with Gasteiger partial charge in [-0.25, -0.2) is 0 Å². The summed E-state index contributed by atoms with van der Waals surface area (Å²) in [5.74, 6) is -0.129. The number of halogens is 1. The average molecular weight is 256 g/mol. The summed E-state index contributed by atoms with van der Waals surface area (Å²) in [6, 6.07) is 3.15. The first-order valence-corrected chi connectivity index (χ1v) is 5.88. The summed E-state index contributed by atoms with van der Waals surface area (Å²) in [5.41, 5.74) is 0.315. The minimum absolute atomic E-state index is 0.0444. The fraction of sp³-hybridized carbons (Fsp3) is 0.545. The van der Waals surface area contributed by atoms with E-state index in [-0.39, 0.29) is 23.3 Å². The molecule has 0 aliphatic carbocycles. The van der Waals surface area contributed by atoms with E-state index < -0.39 is 0 Å². The molecule has 1 saturated heterocycles. The molecule has 17 heavy (non-hydrogen) atoms. The number of hydrogen-bond donors (Lipinski definition) is 0. The summed E-state index contributed by atoms with van der Waals surface area (Å²) in [6.45, 7) is 5.05. The third kappa shape index (κ3) is 2.92. The normalized spacial score (nSPS) is 24.8. The summed E-state index contributed by atoms with van der Waals surface area (Å²) < 4.78 is 5.57. The average Bonchev–Trinajstić information content (AvgIpc) is 2.28. The van der Waals surface area contributed by atoms with Crippen molar-refractivity contribution in [2.75, 3.05) is 13.1 Å². The molecule has 1 amide bonds. The van der Waals surface area contributed by atoms with Gasteiger partial charge in [0.25, 0.3) is 5.91 Å². The van der Waals surface area contributed by atoms with Crippen LogP contribution in [0.3, 0.4) is 0 Å². The molecule has 1 aliphatic heterocycles. The monoisotopic (exact) mass is 255 g/mol. The third-order valence-electron chi connectivity index (χ3n) is 2.56. The van der Waals surface area contributed by atoms with Gasteiger partial charge in [-0.15, -0.1) is 10.2 Å². The van der Waals surface area contributed by atoms with E-state index in [2.05, 4.69) is 10.2 Å². The van der Waals surface area contributed by atoms with Crippen LogP contribution in [0.1, 0.15) is 24.3 Å². The third-order valence-corrected chi connectivity index (χ3v) is 2.76. The number of morpholine rings is 1. The zero-order valence-corrected chi connectivity index (χ0v) is 10.5. The highest BCUT2D eigenvalue weighted by molar-refractivity contribution is 6.29. The molecule has 2 atom stereocenters. The van der Waals surface area contributed by atoms with Crippen molar-refractivity contribution in [1.82, 2.24) is 15.1 Å². The van der Waals surface area contributed by atoms with Crippen LogP contribution in [0.5, 0.6) is 0 Å². The van der Waals surface area contributed by atoms with Crippen LogP contribution in [0.2, 0.25) is 5.15 Å². The van der Waals surface area contributed by atoms with Gasteiger partial charge in [-0.1, -0.05) is 11.6 Å². The maximum Gasteiger partial charge on any atom is 0.274 e. The molecule has 5 nitrogen and oxygen atoms in total. The maximum absolute atomic E-state index is 12.1. The lowest BCUT2D eigenvalue weighted by Crippen LogP contribution is -2.48. The minimum atomic E-state index is -0.129. The van der Waals surface area contributed by atoms with Crippen molar-refractivity contribution in [3.8, 4) is 0 Å². The molecule has 1 aromatic rings. The Labute approximate surface area is 105 Å². The molecule has 0 bridgehead atoms. The number of hydrogen-bond acceptors (Lipinski definition) is 4. The van der Waals surface area contributed by atoms with Gasteiger partial charge < -0.3 is 9.64 Å². The number of carbonyl (C=O) groups excluding carboxylic acids is 1. The number of amides is 1. The molecule has 92 valence electrons. The number of ether oxygens (including phenoxy) is 1. The lowest BCUT2D eigenvalue weighted by Gasteiger charge is -2.35. The Hall–Kier alpha value is -1.20. The second kappa shape index (κ2) is 4.98. The fourth-order valence-electron chi connectivity index (χ4n) is 1.94. The first-order chi connectivity index (χ1) is 8.06. The summed E-state index contributed by atoms with van der Waals surface area (Å²) >= 11 is 5.63. The molecule has 0 spiro atoms. The van der Waals surface area contributed by atoms with Crippen molar-refractivity contribution in [2.24, 2.45) is 0 Å². The van der Waals surface area contributed by atoms with Crippen LogP contribution < -0.4 is 0 Å². The van der Waals surface area contributed by atoms with E-state index >= 15 is 0 Å². The molecular weight excluding hydrogens is 242 g/mol. The number of aromatic nitrogens is 2. The van der Waals surface area contributed by atoms with Crippen molar-refractivity contribution < 1.29 is 9.53 Å². The summed E-state index contributed by atoms with van der Waals surface area (Å²) in [5, 5.41) is 7.74. The molecule has 1 aromatic heterocycles. The lowest BCUT2D eigenvalue weighted by atomic mass is 10.2. The van der Waals surface area contributed by atoms with Crippen LogP contribution in [0.25, 0.3) is 0 Å². The van der Waals surface area contributed by atoms with Crippen molar-refractivity contribution in [3.05, 3.63) is 23.0 Å². The Morgan fingerprint density at radius 3 is 2.53 bits per heavy atom. The molecule has 2 rings (SSSR count). The van der Waals surface area contributed by atoms with Crippen molar-refractivity contribution >= 4 is 17.5 Å². The number of carbonyl (C=O) groups is 1. The fourth-order valence-corrected chi connectivity index (χ4v) is 2.04. The number of rotatable bonds is 1. The smallest absolute Gasteiger partial charge is 0.274 e. The van der Waals surface area contributed by atoms with Crippen LogP contribution in [0.4, 0.5) is 0 Å². The molecule has 1 aliphatic rings. The van der Waals surface area contributed by atoms with E-state index in [1.807, 2.05) is 13.8 Å². The highest BCUT2D eigenvalue weighted by atomic mass is 35.5. The van der Waals surface area contributed by atoms with Gasteiger partial charge in [0, 0.05) is 13.1 Å². The van der Waals surface area contributed by atoms with Gasteiger partial charge in [-0.05, 0) is 26.0 Å².